The lowest BCUT2D eigenvalue weighted by Gasteiger charge is -2.04. The van der Waals surface area contributed by atoms with Crippen molar-refractivity contribution in [3.05, 3.63) is 93.9 Å². The Morgan fingerprint density at radius 2 is 1.83 bits per heavy atom. The molecule has 2 heterocycles. The van der Waals surface area contributed by atoms with Gasteiger partial charge < -0.3 is 9.52 Å². The molecule has 0 saturated heterocycles. The summed E-state index contributed by atoms with van der Waals surface area (Å²) in [6, 6.07) is 16.4. The number of para-hydroxylation sites is 1. The van der Waals surface area contributed by atoms with Crippen LogP contribution in [0.3, 0.4) is 0 Å². The first-order valence-corrected chi connectivity index (χ1v) is 8.66. The number of carboxylic acids is 1. The molecule has 7 nitrogen and oxygen atoms in total. The zero-order chi connectivity index (χ0) is 20.4. The second kappa shape index (κ2) is 7.40. The number of carboxylic acid groups (broad SMARTS) is 1. The number of nitro benzene ring substituents is 1. The summed E-state index contributed by atoms with van der Waals surface area (Å²) in [4.78, 5) is 26.5. The third-order valence-electron chi connectivity index (χ3n) is 4.44. The van der Waals surface area contributed by atoms with Crippen molar-refractivity contribution in [3.8, 4) is 11.3 Å². The Hall–Kier alpha value is -4.26. The molecule has 0 aliphatic rings. The summed E-state index contributed by atoms with van der Waals surface area (Å²) in [5.74, 6) is -0.469. The Kier molecular flexibility index (Phi) is 4.62. The molecule has 0 unspecified atom stereocenters. The van der Waals surface area contributed by atoms with E-state index < -0.39 is 10.9 Å². The fraction of sp³-hybridized carbons (Fsp3) is 0. The van der Waals surface area contributed by atoms with E-state index in [4.69, 9.17) is 4.42 Å². The molecule has 142 valence electrons. The molecule has 0 spiro atoms. The maximum Gasteiger partial charge on any atom is 0.336 e. The standard InChI is InChI=1S/C22H14N2O5/c25-22(26)19-13-16(23-20-4-2-1-3-18(19)20)8-5-15-11-12-29-21(15)14-6-9-17(10-7-14)24(27)28/h1-13H,(H,25,26)/b8-5+. The largest absolute Gasteiger partial charge is 0.478 e. The predicted molar refractivity (Wildman–Crippen MR) is 108 cm³/mol. The van der Waals surface area contributed by atoms with E-state index in [1.54, 1.807) is 54.6 Å². The van der Waals surface area contributed by atoms with Crippen LogP contribution in [0.4, 0.5) is 5.69 Å². The van der Waals surface area contributed by atoms with Gasteiger partial charge in [0.25, 0.3) is 5.69 Å². The highest BCUT2D eigenvalue weighted by atomic mass is 16.6. The number of fused-ring (bicyclic) bond motifs is 1. The number of hydrogen-bond donors (Lipinski definition) is 1. The molecule has 4 rings (SSSR count). The van der Waals surface area contributed by atoms with E-state index in [1.165, 1.54) is 24.5 Å². The fourth-order valence-corrected chi connectivity index (χ4v) is 3.05. The molecule has 4 aromatic rings. The van der Waals surface area contributed by atoms with E-state index in [0.29, 0.717) is 27.9 Å². The summed E-state index contributed by atoms with van der Waals surface area (Å²) >= 11 is 0. The van der Waals surface area contributed by atoms with Gasteiger partial charge >= 0.3 is 5.97 Å². The van der Waals surface area contributed by atoms with Crippen molar-refractivity contribution in [2.75, 3.05) is 0 Å². The van der Waals surface area contributed by atoms with Crippen molar-refractivity contribution in [1.29, 1.82) is 0 Å². The van der Waals surface area contributed by atoms with Crippen molar-refractivity contribution in [3.63, 3.8) is 0 Å². The first-order chi connectivity index (χ1) is 14.0. The molecule has 29 heavy (non-hydrogen) atoms. The second-order valence-corrected chi connectivity index (χ2v) is 6.26. The van der Waals surface area contributed by atoms with E-state index >= 15 is 0 Å². The van der Waals surface area contributed by atoms with Crippen LogP contribution in [-0.4, -0.2) is 21.0 Å². The first kappa shape index (κ1) is 18.1. The van der Waals surface area contributed by atoms with Crippen LogP contribution >= 0.6 is 0 Å². The normalized spacial score (nSPS) is 11.2. The first-order valence-electron chi connectivity index (χ1n) is 8.66. The summed E-state index contributed by atoms with van der Waals surface area (Å²) in [5, 5.41) is 20.9. The molecule has 2 aromatic heterocycles. The molecule has 0 bridgehead atoms. The number of aromatic nitrogens is 1. The summed E-state index contributed by atoms with van der Waals surface area (Å²) in [6.45, 7) is 0. The molecule has 0 amide bonds. The lowest BCUT2D eigenvalue weighted by Crippen LogP contribution is -2.00. The Morgan fingerprint density at radius 1 is 1.07 bits per heavy atom. The van der Waals surface area contributed by atoms with Gasteiger partial charge in [-0.05, 0) is 42.5 Å². The van der Waals surface area contributed by atoms with E-state index in [0.717, 1.165) is 5.56 Å². The molecule has 0 aliphatic carbocycles. The minimum Gasteiger partial charge on any atom is -0.478 e. The van der Waals surface area contributed by atoms with Crippen LogP contribution in [0.5, 0.6) is 0 Å². The molecule has 2 aromatic carbocycles. The summed E-state index contributed by atoms with van der Waals surface area (Å²) < 4.78 is 5.54. The van der Waals surface area contributed by atoms with Crippen molar-refractivity contribution in [2.45, 2.75) is 0 Å². The van der Waals surface area contributed by atoms with Gasteiger partial charge in [-0.2, -0.15) is 0 Å². The number of aromatic carboxylic acids is 1. The maximum atomic E-state index is 11.6. The minimum atomic E-state index is -1.02. The number of hydrogen-bond acceptors (Lipinski definition) is 5. The molecule has 0 radical (unpaired) electrons. The number of nitrogens with zero attached hydrogens (tertiary/aromatic N) is 2. The lowest BCUT2D eigenvalue weighted by atomic mass is 10.1. The zero-order valence-corrected chi connectivity index (χ0v) is 15.0. The average molecular weight is 386 g/mol. The van der Waals surface area contributed by atoms with Crippen LogP contribution in [0.1, 0.15) is 21.6 Å². The highest BCUT2D eigenvalue weighted by Crippen LogP contribution is 2.28. The van der Waals surface area contributed by atoms with Crippen molar-refractivity contribution >= 4 is 34.7 Å². The number of non-ortho nitro benzene ring substituents is 1. The Morgan fingerprint density at radius 3 is 2.55 bits per heavy atom. The van der Waals surface area contributed by atoms with Gasteiger partial charge in [0, 0.05) is 28.6 Å². The maximum absolute atomic E-state index is 11.6. The number of rotatable bonds is 5. The van der Waals surface area contributed by atoms with E-state index in [2.05, 4.69) is 4.98 Å². The number of furan rings is 1. The van der Waals surface area contributed by atoms with Crippen molar-refractivity contribution in [1.82, 2.24) is 4.98 Å². The van der Waals surface area contributed by atoms with Crippen molar-refractivity contribution in [2.24, 2.45) is 0 Å². The van der Waals surface area contributed by atoms with Crippen LogP contribution in [0.2, 0.25) is 0 Å². The van der Waals surface area contributed by atoms with Crippen LogP contribution in [0.15, 0.2) is 71.3 Å². The van der Waals surface area contributed by atoms with Crippen LogP contribution < -0.4 is 0 Å². The minimum absolute atomic E-state index is 0.000961. The monoisotopic (exact) mass is 386 g/mol. The Bertz CT molecular complexity index is 1260. The van der Waals surface area contributed by atoms with Gasteiger partial charge in [0.05, 0.1) is 28.0 Å². The number of carbonyl (C=O) groups is 1. The molecule has 1 N–H and O–H groups in total. The summed E-state index contributed by atoms with van der Waals surface area (Å²) in [6.07, 6.45) is 4.99. The molecular formula is C22H14N2O5. The third-order valence-corrected chi connectivity index (χ3v) is 4.44. The van der Waals surface area contributed by atoms with E-state index in [-0.39, 0.29) is 11.3 Å². The van der Waals surface area contributed by atoms with Crippen LogP contribution in [0.25, 0.3) is 34.4 Å². The van der Waals surface area contributed by atoms with Gasteiger partial charge in [0.15, 0.2) is 0 Å². The highest BCUT2D eigenvalue weighted by Gasteiger charge is 2.12. The van der Waals surface area contributed by atoms with Gasteiger partial charge in [-0.15, -0.1) is 0 Å². The smallest absolute Gasteiger partial charge is 0.336 e. The molecular weight excluding hydrogens is 372 g/mol. The van der Waals surface area contributed by atoms with Gasteiger partial charge in [0.1, 0.15) is 5.76 Å². The zero-order valence-electron chi connectivity index (χ0n) is 15.0. The average Bonchev–Trinajstić information content (AvgIpc) is 3.20. The van der Waals surface area contributed by atoms with Gasteiger partial charge in [0.2, 0.25) is 0 Å². The van der Waals surface area contributed by atoms with Gasteiger partial charge in [-0.1, -0.05) is 18.2 Å². The topological polar surface area (TPSA) is 106 Å². The van der Waals surface area contributed by atoms with Gasteiger partial charge in [-0.3, -0.25) is 10.1 Å². The predicted octanol–water partition coefficient (Wildman–Crippen LogP) is 5.27. The molecule has 0 fully saturated rings. The molecule has 7 heteroatoms. The SMILES string of the molecule is O=C(O)c1cc(/C=C/c2ccoc2-c2ccc([N+](=O)[O-])cc2)nc2ccccc12. The van der Waals surface area contributed by atoms with E-state index in [9.17, 15) is 20.0 Å². The molecule has 0 atom stereocenters. The molecule has 0 aliphatic heterocycles. The quantitative estimate of drug-likeness (QED) is 0.370. The van der Waals surface area contributed by atoms with E-state index in [1.807, 2.05) is 0 Å². The highest BCUT2D eigenvalue weighted by molar-refractivity contribution is 6.03. The van der Waals surface area contributed by atoms with Crippen LogP contribution in [-0.2, 0) is 0 Å². The fourth-order valence-electron chi connectivity index (χ4n) is 3.05. The van der Waals surface area contributed by atoms with Gasteiger partial charge in [-0.25, -0.2) is 9.78 Å². The third kappa shape index (κ3) is 3.61. The lowest BCUT2D eigenvalue weighted by molar-refractivity contribution is -0.384. The number of nitro groups is 1. The molecule has 0 saturated carbocycles. The summed E-state index contributed by atoms with van der Waals surface area (Å²) in [7, 11) is 0. The summed E-state index contributed by atoms with van der Waals surface area (Å²) in [5.41, 5.74) is 2.70. The Balaban J connectivity index is 1.70. The number of benzene rings is 2. The van der Waals surface area contributed by atoms with Crippen LogP contribution in [0, 0.1) is 10.1 Å². The number of pyridine rings is 1. The van der Waals surface area contributed by atoms with Crippen molar-refractivity contribution < 1.29 is 19.2 Å². The Labute approximate surface area is 164 Å². The second-order valence-electron chi connectivity index (χ2n) is 6.26.